The number of rotatable bonds is 4. The van der Waals surface area contributed by atoms with Crippen LogP contribution in [0.15, 0.2) is 18.2 Å². The monoisotopic (exact) mass is 404 g/mol. The fourth-order valence-electron chi connectivity index (χ4n) is 3.55. The molecule has 2 heterocycles. The summed E-state index contributed by atoms with van der Waals surface area (Å²) in [6, 6.07) is 4.76. The number of amides is 3. The van der Waals surface area contributed by atoms with Crippen molar-refractivity contribution in [1.82, 2.24) is 9.80 Å². The van der Waals surface area contributed by atoms with E-state index in [1.165, 1.54) is 7.11 Å². The molecule has 1 atom stereocenters. The first-order valence-electron chi connectivity index (χ1n) is 9.76. The van der Waals surface area contributed by atoms with Crippen LogP contribution in [0, 0.1) is 0 Å². The number of nitrogens with zero attached hydrogens (tertiary/aromatic N) is 3. The van der Waals surface area contributed by atoms with Crippen molar-refractivity contribution in [3.8, 4) is 0 Å². The van der Waals surface area contributed by atoms with E-state index in [2.05, 4.69) is 5.32 Å². The zero-order valence-corrected chi connectivity index (χ0v) is 17.1. The lowest BCUT2D eigenvalue weighted by molar-refractivity contribution is -0.142. The van der Waals surface area contributed by atoms with Crippen molar-refractivity contribution < 1.29 is 23.9 Å². The average molecular weight is 404 g/mol. The van der Waals surface area contributed by atoms with E-state index >= 15 is 0 Å². The van der Waals surface area contributed by atoms with E-state index in [4.69, 9.17) is 9.47 Å². The van der Waals surface area contributed by atoms with Gasteiger partial charge in [0.15, 0.2) is 0 Å². The van der Waals surface area contributed by atoms with E-state index < -0.39 is 5.97 Å². The maximum absolute atomic E-state index is 12.7. The fourth-order valence-corrected chi connectivity index (χ4v) is 3.55. The van der Waals surface area contributed by atoms with Crippen molar-refractivity contribution in [1.29, 1.82) is 0 Å². The van der Waals surface area contributed by atoms with Gasteiger partial charge < -0.3 is 29.5 Å². The number of urea groups is 1. The average Bonchev–Trinajstić information content (AvgIpc) is 3.27. The van der Waals surface area contributed by atoms with Gasteiger partial charge in [0.2, 0.25) is 0 Å². The lowest BCUT2D eigenvalue weighted by atomic mass is 10.1. The molecule has 158 valence electrons. The molecule has 29 heavy (non-hydrogen) atoms. The summed E-state index contributed by atoms with van der Waals surface area (Å²) in [5, 5.41) is 2.91. The molecule has 0 aromatic heterocycles. The highest BCUT2D eigenvalue weighted by Gasteiger charge is 2.31. The highest BCUT2D eigenvalue weighted by molar-refractivity contribution is 5.97. The Balaban J connectivity index is 1.60. The molecule has 9 heteroatoms. The molecular weight excluding hydrogens is 376 g/mol. The van der Waals surface area contributed by atoms with E-state index in [-0.39, 0.29) is 18.0 Å². The van der Waals surface area contributed by atoms with Crippen molar-refractivity contribution in [2.24, 2.45) is 0 Å². The highest BCUT2D eigenvalue weighted by Crippen LogP contribution is 2.27. The second kappa shape index (κ2) is 9.13. The van der Waals surface area contributed by atoms with Gasteiger partial charge in [-0.25, -0.2) is 9.59 Å². The summed E-state index contributed by atoms with van der Waals surface area (Å²) >= 11 is 0. The van der Waals surface area contributed by atoms with Crippen molar-refractivity contribution in [2.45, 2.75) is 18.9 Å². The maximum Gasteiger partial charge on any atom is 0.337 e. The summed E-state index contributed by atoms with van der Waals surface area (Å²) in [6.45, 7) is 2.55. The number of esters is 1. The molecule has 0 aliphatic carbocycles. The number of benzene rings is 1. The number of ether oxygens (including phenoxy) is 2. The summed E-state index contributed by atoms with van der Waals surface area (Å²) < 4.78 is 10.2. The fraction of sp³-hybridized carbons (Fsp3) is 0.550. The summed E-state index contributed by atoms with van der Waals surface area (Å²) in [4.78, 5) is 42.2. The Morgan fingerprint density at radius 3 is 2.41 bits per heavy atom. The molecule has 0 spiro atoms. The van der Waals surface area contributed by atoms with Crippen LogP contribution in [-0.2, 0) is 14.3 Å². The van der Waals surface area contributed by atoms with Crippen LogP contribution in [0.4, 0.5) is 16.2 Å². The van der Waals surface area contributed by atoms with Crippen LogP contribution >= 0.6 is 0 Å². The van der Waals surface area contributed by atoms with E-state index in [0.29, 0.717) is 49.7 Å². The summed E-state index contributed by atoms with van der Waals surface area (Å²) in [6.07, 6.45) is 1.36. The van der Waals surface area contributed by atoms with Crippen molar-refractivity contribution in [2.75, 3.05) is 64.2 Å². The van der Waals surface area contributed by atoms with Crippen LogP contribution in [0.3, 0.4) is 0 Å². The Bertz CT molecular complexity index is 768. The second-order valence-corrected chi connectivity index (χ2v) is 7.36. The minimum absolute atomic E-state index is 0.0239. The lowest BCUT2D eigenvalue weighted by Gasteiger charge is -2.35. The zero-order valence-electron chi connectivity index (χ0n) is 17.1. The molecule has 1 aromatic carbocycles. The largest absolute Gasteiger partial charge is 0.465 e. The minimum atomic E-state index is -0.432. The topological polar surface area (TPSA) is 91.4 Å². The number of hydrogen-bond acceptors (Lipinski definition) is 6. The third-order valence-corrected chi connectivity index (χ3v) is 5.23. The number of hydrogen-bond donors (Lipinski definition) is 1. The molecular formula is C20H28N4O5. The minimum Gasteiger partial charge on any atom is -0.465 e. The molecule has 0 bridgehead atoms. The van der Waals surface area contributed by atoms with Gasteiger partial charge in [-0.3, -0.25) is 4.79 Å². The Morgan fingerprint density at radius 1 is 1.14 bits per heavy atom. The van der Waals surface area contributed by atoms with Gasteiger partial charge in [-0.15, -0.1) is 0 Å². The molecule has 0 unspecified atom stereocenters. The smallest absolute Gasteiger partial charge is 0.337 e. The first-order valence-corrected chi connectivity index (χ1v) is 9.76. The van der Waals surface area contributed by atoms with Gasteiger partial charge in [-0.05, 0) is 31.0 Å². The lowest BCUT2D eigenvalue weighted by Crippen LogP contribution is -2.53. The third-order valence-electron chi connectivity index (χ3n) is 5.23. The predicted molar refractivity (Wildman–Crippen MR) is 108 cm³/mol. The Hall–Kier alpha value is -2.81. The molecule has 2 aliphatic heterocycles. The van der Waals surface area contributed by atoms with Crippen LogP contribution in [0.1, 0.15) is 23.2 Å². The Labute approximate surface area is 170 Å². The maximum atomic E-state index is 12.7. The molecule has 0 saturated carbocycles. The van der Waals surface area contributed by atoms with Gasteiger partial charge in [0.05, 0.1) is 24.0 Å². The van der Waals surface area contributed by atoms with Gasteiger partial charge in [0.1, 0.15) is 6.10 Å². The first-order chi connectivity index (χ1) is 13.9. The number of nitrogens with one attached hydrogen (secondary N) is 1. The van der Waals surface area contributed by atoms with Crippen LogP contribution in [0.5, 0.6) is 0 Å². The molecule has 1 N–H and O–H groups in total. The number of carbonyl (C=O) groups excluding carboxylic acids is 3. The van der Waals surface area contributed by atoms with E-state index in [9.17, 15) is 14.4 Å². The Morgan fingerprint density at radius 2 is 1.83 bits per heavy atom. The standard InChI is InChI=1S/C20H28N4O5/c1-22(2)16-13-14(19(26)28-3)6-7-15(16)21-20(27)24-10-8-23(9-11-24)18(25)17-5-4-12-29-17/h6-7,13,17H,4-5,8-12H2,1-3H3,(H,21,27)/t17-/m1/s1. The van der Waals surface area contributed by atoms with Gasteiger partial charge in [-0.2, -0.15) is 0 Å². The van der Waals surface area contributed by atoms with Crippen LogP contribution < -0.4 is 10.2 Å². The molecule has 1 aromatic rings. The van der Waals surface area contributed by atoms with Gasteiger partial charge in [0, 0.05) is 46.9 Å². The van der Waals surface area contributed by atoms with E-state index in [0.717, 1.165) is 12.8 Å². The van der Waals surface area contributed by atoms with Gasteiger partial charge >= 0.3 is 12.0 Å². The van der Waals surface area contributed by atoms with Crippen LogP contribution in [-0.4, -0.2) is 87.8 Å². The van der Waals surface area contributed by atoms with Gasteiger partial charge in [0.25, 0.3) is 5.91 Å². The van der Waals surface area contributed by atoms with Crippen LogP contribution in [0.25, 0.3) is 0 Å². The second-order valence-electron chi connectivity index (χ2n) is 7.36. The first kappa shape index (κ1) is 20.9. The SMILES string of the molecule is COC(=O)c1ccc(NC(=O)N2CCN(C(=O)[C@H]3CCCO3)CC2)c(N(C)C)c1. The van der Waals surface area contributed by atoms with Crippen molar-refractivity contribution in [3.63, 3.8) is 0 Å². The third kappa shape index (κ3) is 4.79. The predicted octanol–water partition coefficient (Wildman–Crippen LogP) is 1.39. The molecule has 2 aliphatic rings. The van der Waals surface area contributed by atoms with Crippen molar-refractivity contribution in [3.05, 3.63) is 23.8 Å². The number of piperazine rings is 1. The summed E-state index contributed by atoms with van der Waals surface area (Å²) in [7, 11) is 5.00. The molecule has 0 radical (unpaired) electrons. The van der Waals surface area contributed by atoms with Crippen molar-refractivity contribution >= 4 is 29.3 Å². The summed E-state index contributed by atoms with van der Waals surface area (Å²) in [5.41, 5.74) is 1.72. The summed E-state index contributed by atoms with van der Waals surface area (Å²) in [5.74, 6) is -0.408. The highest BCUT2D eigenvalue weighted by atomic mass is 16.5. The molecule has 9 nitrogen and oxygen atoms in total. The normalized spacial score (nSPS) is 19.1. The quantitative estimate of drug-likeness (QED) is 0.763. The van der Waals surface area contributed by atoms with Gasteiger partial charge in [-0.1, -0.05) is 0 Å². The molecule has 2 saturated heterocycles. The molecule has 3 amide bonds. The molecule has 3 rings (SSSR count). The zero-order chi connectivity index (χ0) is 21.0. The van der Waals surface area contributed by atoms with E-state index in [1.807, 2.05) is 19.0 Å². The molecule has 2 fully saturated rings. The van der Waals surface area contributed by atoms with E-state index in [1.54, 1.807) is 28.0 Å². The Kier molecular flexibility index (Phi) is 6.58. The number of anilines is 2. The van der Waals surface area contributed by atoms with Crippen LogP contribution in [0.2, 0.25) is 0 Å². The number of methoxy groups -OCH3 is 1. The number of carbonyl (C=O) groups is 3.